The maximum absolute atomic E-state index is 5.18. The van der Waals surface area contributed by atoms with E-state index >= 15 is 0 Å². The summed E-state index contributed by atoms with van der Waals surface area (Å²) in [6.45, 7) is 7.84. The predicted molar refractivity (Wildman–Crippen MR) is 107 cm³/mol. The van der Waals surface area contributed by atoms with E-state index in [2.05, 4.69) is 75.2 Å². The van der Waals surface area contributed by atoms with Crippen LogP contribution in [0.25, 0.3) is 11.0 Å². The zero-order chi connectivity index (χ0) is 17.2. The van der Waals surface area contributed by atoms with E-state index in [4.69, 9.17) is 12.2 Å². The Morgan fingerprint density at radius 1 is 0.960 bits per heavy atom. The molecule has 5 heteroatoms. The van der Waals surface area contributed by atoms with Crippen molar-refractivity contribution in [2.75, 3.05) is 37.6 Å². The Morgan fingerprint density at radius 3 is 2.44 bits per heavy atom. The lowest BCUT2D eigenvalue weighted by atomic mass is 9.99. The number of piperazine rings is 1. The zero-order valence-corrected chi connectivity index (χ0v) is 15.4. The van der Waals surface area contributed by atoms with Crippen molar-refractivity contribution in [3.8, 4) is 0 Å². The van der Waals surface area contributed by atoms with Gasteiger partial charge in [-0.15, -0.1) is 0 Å². The molecule has 130 valence electrons. The van der Waals surface area contributed by atoms with Gasteiger partial charge >= 0.3 is 0 Å². The van der Waals surface area contributed by atoms with Crippen LogP contribution in [-0.2, 0) is 0 Å². The number of hydrogen-bond acceptors (Lipinski definition) is 3. The number of fused-ring (bicyclic) bond motifs is 1. The van der Waals surface area contributed by atoms with Crippen LogP contribution in [0.5, 0.6) is 0 Å². The lowest BCUT2D eigenvalue weighted by Gasteiger charge is -2.37. The Balaban J connectivity index is 1.38. The van der Waals surface area contributed by atoms with Crippen LogP contribution in [-0.4, -0.2) is 47.6 Å². The van der Waals surface area contributed by atoms with Gasteiger partial charge in [-0.05, 0) is 48.0 Å². The number of H-pyrrole nitrogens is 2. The van der Waals surface area contributed by atoms with Crippen LogP contribution in [0, 0.1) is 4.77 Å². The van der Waals surface area contributed by atoms with Crippen LogP contribution < -0.4 is 4.90 Å². The minimum Gasteiger partial charge on any atom is -0.369 e. The molecule has 2 aromatic carbocycles. The molecule has 1 aliphatic rings. The summed E-state index contributed by atoms with van der Waals surface area (Å²) in [5.74, 6) is 0.504. The summed E-state index contributed by atoms with van der Waals surface area (Å²) in [6.07, 6.45) is 0. The highest BCUT2D eigenvalue weighted by molar-refractivity contribution is 7.71. The van der Waals surface area contributed by atoms with Gasteiger partial charge in [-0.2, -0.15) is 0 Å². The molecule has 1 aromatic heterocycles. The molecule has 2 N–H and O–H groups in total. The first-order valence-corrected chi connectivity index (χ1v) is 9.34. The number of para-hydroxylation sites is 1. The minimum absolute atomic E-state index is 0.504. The maximum atomic E-state index is 5.18. The molecule has 1 fully saturated rings. The highest BCUT2D eigenvalue weighted by Gasteiger charge is 2.19. The Hall–Kier alpha value is -2.11. The smallest absolute Gasteiger partial charge is 0.175 e. The summed E-state index contributed by atoms with van der Waals surface area (Å²) >= 11 is 5.18. The SMILES string of the molecule is CC(CN1CCN(c2ccccc2)CC1)c1ccc2[nH]c(=S)[nH]c2c1. The molecule has 0 saturated carbocycles. The fourth-order valence-electron chi connectivity index (χ4n) is 3.68. The molecule has 3 aromatic rings. The number of hydrogen-bond donors (Lipinski definition) is 2. The lowest BCUT2D eigenvalue weighted by Crippen LogP contribution is -2.47. The number of nitrogens with one attached hydrogen (secondary N) is 2. The van der Waals surface area contributed by atoms with E-state index in [1.807, 2.05) is 0 Å². The van der Waals surface area contributed by atoms with Crippen molar-refractivity contribution < 1.29 is 0 Å². The van der Waals surface area contributed by atoms with Crippen molar-refractivity contribution in [1.82, 2.24) is 14.9 Å². The Labute approximate surface area is 153 Å². The van der Waals surface area contributed by atoms with Crippen LogP contribution in [0.2, 0.25) is 0 Å². The van der Waals surface area contributed by atoms with E-state index in [1.54, 1.807) is 0 Å². The fourth-order valence-corrected chi connectivity index (χ4v) is 3.90. The molecule has 4 rings (SSSR count). The summed E-state index contributed by atoms with van der Waals surface area (Å²) in [7, 11) is 0. The van der Waals surface area contributed by atoms with Crippen molar-refractivity contribution >= 4 is 28.9 Å². The number of nitrogens with zero attached hydrogens (tertiary/aromatic N) is 2. The monoisotopic (exact) mass is 352 g/mol. The molecule has 0 aliphatic carbocycles. The minimum atomic E-state index is 0.504. The largest absolute Gasteiger partial charge is 0.369 e. The predicted octanol–water partition coefficient (Wildman–Crippen LogP) is 4.15. The third kappa shape index (κ3) is 3.62. The number of aromatic nitrogens is 2. The van der Waals surface area contributed by atoms with E-state index in [9.17, 15) is 0 Å². The van der Waals surface area contributed by atoms with E-state index in [1.165, 1.54) is 11.3 Å². The molecule has 0 spiro atoms. The van der Waals surface area contributed by atoms with Gasteiger partial charge in [0.2, 0.25) is 0 Å². The number of rotatable bonds is 4. The van der Waals surface area contributed by atoms with Crippen LogP contribution in [0.4, 0.5) is 5.69 Å². The van der Waals surface area contributed by atoms with Crippen LogP contribution >= 0.6 is 12.2 Å². The summed E-state index contributed by atoms with van der Waals surface area (Å²) in [6, 6.07) is 17.3. The second-order valence-corrected chi connectivity index (χ2v) is 7.32. The summed E-state index contributed by atoms with van der Waals surface area (Å²) in [5.41, 5.74) is 4.88. The second-order valence-electron chi connectivity index (χ2n) is 6.91. The van der Waals surface area contributed by atoms with Gasteiger partial charge in [0.05, 0.1) is 11.0 Å². The number of imidazole rings is 1. The van der Waals surface area contributed by atoms with Gasteiger partial charge in [-0.3, -0.25) is 4.90 Å². The molecule has 2 heterocycles. The average molecular weight is 353 g/mol. The molecule has 0 bridgehead atoms. The first-order chi connectivity index (χ1) is 12.2. The lowest BCUT2D eigenvalue weighted by molar-refractivity contribution is 0.246. The van der Waals surface area contributed by atoms with Gasteiger partial charge in [0.1, 0.15) is 0 Å². The van der Waals surface area contributed by atoms with Gasteiger partial charge in [0.25, 0.3) is 0 Å². The normalized spacial score (nSPS) is 17.1. The van der Waals surface area contributed by atoms with Crippen molar-refractivity contribution in [1.29, 1.82) is 0 Å². The fraction of sp³-hybridized carbons (Fsp3) is 0.350. The highest BCUT2D eigenvalue weighted by atomic mass is 32.1. The van der Waals surface area contributed by atoms with E-state index in [0.717, 1.165) is 43.8 Å². The van der Waals surface area contributed by atoms with Gasteiger partial charge in [-0.1, -0.05) is 31.2 Å². The van der Waals surface area contributed by atoms with Crippen molar-refractivity contribution in [2.24, 2.45) is 0 Å². The van der Waals surface area contributed by atoms with Crippen LogP contribution in [0.3, 0.4) is 0 Å². The van der Waals surface area contributed by atoms with E-state index < -0.39 is 0 Å². The van der Waals surface area contributed by atoms with Gasteiger partial charge in [0.15, 0.2) is 4.77 Å². The molecule has 1 saturated heterocycles. The Morgan fingerprint density at radius 2 is 1.68 bits per heavy atom. The molecular formula is C20H24N4S. The van der Waals surface area contributed by atoms with Crippen molar-refractivity contribution in [2.45, 2.75) is 12.8 Å². The van der Waals surface area contributed by atoms with Gasteiger partial charge in [0, 0.05) is 38.4 Å². The van der Waals surface area contributed by atoms with Gasteiger partial charge in [-0.25, -0.2) is 0 Å². The quantitative estimate of drug-likeness (QED) is 0.693. The molecule has 1 atom stereocenters. The number of benzene rings is 2. The summed E-state index contributed by atoms with van der Waals surface area (Å²) in [4.78, 5) is 11.4. The first kappa shape index (κ1) is 16.4. The summed E-state index contributed by atoms with van der Waals surface area (Å²) in [5, 5.41) is 0. The first-order valence-electron chi connectivity index (χ1n) is 8.93. The molecule has 1 aliphatic heterocycles. The number of anilines is 1. The Kier molecular flexibility index (Phi) is 4.59. The van der Waals surface area contributed by atoms with Crippen LogP contribution in [0.1, 0.15) is 18.4 Å². The second kappa shape index (κ2) is 7.02. The maximum Gasteiger partial charge on any atom is 0.175 e. The number of aromatic amines is 2. The molecule has 4 nitrogen and oxygen atoms in total. The average Bonchev–Trinajstić information content (AvgIpc) is 3.02. The summed E-state index contributed by atoms with van der Waals surface area (Å²) < 4.78 is 0.692. The standard InChI is InChI=1S/C20H24N4S/c1-15(16-7-8-18-19(13-16)22-20(25)21-18)14-23-9-11-24(12-10-23)17-5-3-2-4-6-17/h2-8,13,15H,9-12,14H2,1H3,(H2,21,22,25). The Bertz CT molecular complexity index is 891. The zero-order valence-electron chi connectivity index (χ0n) is 14.5. The highest BCUT2D eigenvalue weighted by Crippen LogP contribution is 2.22. The third-order valence-corrected chi connectivity index (χ3v) is 5.34. The van der Waals surface area contributed by atoms with Crippen LogP contribution in [0.15, 0.2) is 48.5 Å². The third-order valence-electron chi connectivity index (χ3n) is 5.13. The van der Waals surface area contributed by atoms with E-state index in [0.29, 0.717) is 10.7 Å². The van der Waals surface area contributed by atoms with E-state index in [-0.39, 0.29) is 0 Å². The van der Waals surface area contributed by atoms with Crippen molar-refractivity contribution in [3.05, 3.63) is 58.9 Å². The molecular weight excluding hydrogens is 328 g/mol. The molecule has 0 amide bonds. The van der Waals surface area contributed by atoms with Crippen molar-refractivity contribution in [3.63, 3.8) is 0 Å². The molecule has 0 radical (unpaired) electrons. The molecule has 1 unspecified atom stereocenters. The topological polar surface area (TPSA) is 38.1 Å². The molecule has 25 heavy (non-hydrogen) atoms. The van der Waals surface area contributed by atoms with Gasteiger partial charge < -0.3 is 14.9 Å².